The molecular formula is C12H20N2O4S. The molecule has 1 N–H and O–H groups in total. The van der Waals surface area contributed by atoms with E-state index in [4.69, 9.17) is 4.74 Å². The van der Waals surface area contributed by atoms with Gasteiger partial charge in [-0.25, -0.2) is 4.79 Å². The molecule has 0 spiro atoms. The smallest absolute Gasteiger partial charge is 0.328 e. The molecule has 1 unspecified atom stereocenters. The molecule has 1 aliphatic heterocycles. The molecule has 1 rings (SSSR count). The van der Waals surface area contributed by atoms with Crippen LogP contribution in [0.1, 0.15) is 26.7 Å². The number of carbonyl (C=O) groups excluding carboxylic acids is 3. The van der Waals surface area contributed by atoms with Crippen LogP contribution in [0.25, 0.3) is 0 Å². The van der Waals surface area contributed by atoms with E-state index < -0.39 is 12.1 Å². The second-order valence-corrected chi connectivity index (χ2v) is 4.74. The zero-order valence-corrected chi connectivity index (χ0v) is 12.1. The van der Waals surface area contributed by atoms with Gasteiger partial charge in [0.2, 0.25) is 11.8 Å². The molecule has 1 fully saturated rings. The Hall–Kier alpha value is -1.24. The lowest BCUT2D eigenvalue weighted by Gasteiger charge is -2.27. The Morgan fingerprint density at radius 2 is 2.16 bits per heavy atom. The maximum atomic E-state index is 12.3. The van der Waals surface area contributed by atoms with Crippen molar-refractivity contribution >= 4 is 30.4 Å². The first-order chi connectivity index (χ1) is 9.01. The molecule has 108 valence electrons. The van der Waals surface area contributed by atoms with Gasteiger partial charge in [0.05, 0.1) is 6.61 Å². The van der Waals surface area contributed by atoms with Crippen molar-refractivity contribution in [1.29, 1.82) is 0 Å². The highest BCUT2D eigenvalue weighted by molar-refractivity contribution is 7.80. The summed E-state index contributed by atoms with van der Waals surface area (Å²) in [6, 6.07) is -1.24. The highest BCUT2D eigenvalue weighted by atomic mass is 32.1. The lowest BCUT2D eigenvalue weighted by atomic mass is 10.2. The molecular weight excluding hydrogens is 268 g/mol. The molecule has 6 nitrogen and oxygen atoms in total. The molecule has 0 aromatic heterocycles. The van der Waals surface area contributed by atoms with Crippen LogP contribution in [0.15, 0.2) is 0 Å². The first-order valence-corrected chi connectivity index (χ1v) is 6.99. The van der Waals surface area contributed by atoms with Crippen LogP contribution in [-0.4, -0.2) is 53.7 Å². The van der Waals surface area contributed by atoms with Gasteiger partial charge in [0, 0.05) is 19.2 Å². The molecule has 7 heteroatoms. The van der Waals surface area contributed by atoms with E-state index in [1.165, 1.54) is 11.8 Å². The number of hydrogen-bond acceptors (Lipinski definition) is 5. The minimum Gasteiger partial charge on any atom is -0.464 e. The third-order valence-corrected chi connectivity index (χ3v) is 3.32. The Bertz CT molecular complexity index is 362. The quantitative estimate of drug-likeness (QED) is 0.550. The standard InChI is InChI=1S/C12H20N2O4S/c1-3-18-12(17)10-5-4-6-14(10)11(16)9(7-19)13-8(2)15/h9-10,19H,3-7H2,1-2H3,(H,13,15)/t9-,10?/m0/s1. The number of hydrogen-bond donors (Lipinski definition) is 2. The molecule has 2 atom stereocenters. The average Bonchev–Trinajstić information content (AvgIpc) is 2.84. The molecule has 0 radical (unpaired) electrons. The van der Waals surface area contributed by atoms with Gasteiger partial charge in [-0.15, -0.1) is 0 Å². The van der Waals surface area contributed by atoms with Crippen LogP contribution in [0.3, 0.4) is 0 Å². The molecule has 2 amide bonds. The fourth-order valence-corrected chi connectivity index (χ4v) is 2.39. The van der Waals surface area contributed by atoms with Crippen LogP contribution in [0.4, 0.5) is 0 Å². The van der Waals surface area contributed by atoms with E-state index in [2.05, 4.69) is 17.9 Å². The van der Waals surface area contributed by atoms with Crippen LogP contribution in [0.5, 0.6) is 0 Å². The first kappa shape index (κ1) is 15.8. The molecule has 1 saturated heterocycles. The summed E-state index contributed by atoms with van der Waals surface area (Å²) in [6.45, 7) is 3.87. The average molecular weight is 288 g/mol. The molecule has 1 aliphatic rings. The summed E-state index contributed by atoms with van der Waals surface area (Å²) >= 11 is 4.07. The summed E-state index contributed by atoms with van der Waals surface area (Å²) in [5.41, 5.74) is 0. The third-order valence-electron chi connectivity index (χ3n) is 2.95. The SMILES string of the molecule is CCOC(=O)C1CCCN1C(=O)[C@H](CS)NC(C)=O. The van der Waals surface area contributed by atoms with E-state index in [9.17, 15) is 14.4 Å². The summed E-state index contributed by atoms with van der Waals surface area (Å²) < 4.78 is 4.96. The van der Waals surface area contributed by atoms with E-state index in [1.807, 2.05) is 0 Å². The van der Waals surface area contributed by atoms with E-state index in [-0.39, 0.29) is 23.5 Å². The Balaban J connectivity index is 2.73. The van der Waals surface area contributed by atoms with Crippen LogP contribution in [-0.2, 0) is 19.1 Å². The summed E-state index contributed by atoms with van der Waals surface area (Å²) in [5.74, 6) is -0.751. The zero-order chi connectivity index (χ0) is 14.4. The number of nitrogens with zero attached hydrogens (tertiary/aromatic N) is 1. The van der Waals surface area contributed by atoms with Gasteiger partial charge in [-0.2, -0.15) is 12.6 Å². The normalized spacial score (nSPS) is 19.9. The summed E-state index contributed by atoms with van der Waals surface area (Å²) in [6.07, 6.45) is 1.36. The van der Waals surface area contributed by atoms with Crippen molar-refractivity contribution in [2.45, 2.75) is 38.8 Å². The summed E-state index contributed by atoms with van der Waals surface area (Å²) in [5, 5.41) is 2.54. The van der Waals surface area contributed by atoms with Crippen molar-refractivity contribution in [3.63, 3.8) is 0 Å². The van der Waals surface area contributed by atoms with Gasteiger partial charge in [0.25, 0.3) is 0 Å². The Morgan fingerprint density at radius 1 is 1.47 bits per heavy atom. The molecule has 19 heavy (non-hydrogen) atoms. The maximum Gasteiger partial charge on any atom is 0.328 e. The number of amides is 2. The fourth-order valence-electron chi connectivity index (χ4n) is 2.14. The van der Waals surface area contributed by atoms with Crippen molar-refractivity contribution in [3.8, 4) is 0 Å². The van der Waals surface area contributed by atoms with Gasteiger partial charge >= 0.3 is 5.97 Å². The summed E-state index contributed by atoms with van der Waals surface area (Å²) in [4.78, 5) is 36.6. The third kappa shape index (κ3) is 4.12. The lowest BCUT2D eigenvalue weighted by molar-refractivity contribution is -0.153. The van der Waals surface area contributed by atoms with Crippen molar-refractivity contribution in [2.24, 2.45) is 0 Å². The molecule has 0 aromatic rings. The minimum absolute atomic E-state index is 0.199. The van der Waals surface area contributed by atoms with Crippen LogP contribution in [0.2, 0.25) is 0 Å². The number of rotatable bonds is 5. The van der Waals surface area contributed by atoms with Crippen molar-refractivity contribution in [3.05, 3.63) is 0 Å². The number of thiol groups is 1. The minimum atomic E-state index is -0.698. The molecule has 0 aliphatic carbocycles. The molecule has 0 aromatic carbocycles. The molecule has 0 bridgehead atoms. The van der Waals surface area contributed by atoms with E-state index in [0.29, 0.717) is 19.6 Å². The number of esters is 1. The predicted octanol–water partition coefficient (Wildman–Crippen LogP) is -0.0250. The van der Waals surface area contributed by atoms with Gasteiger partial charge in [0.1, 0.15) is 12.1 Å². The van der Waals surface area contributed by atoms with Crippen molar-refractivity contribution in [1.82, 2.24) is 10.2 Å². The number of carbonyl (C=O) groups is 3. The maximum absolute atomic E-state index is 12.3. The van der Waals surface area contributed by atoms with E-state index in [1.54, 1.807) is 6.92 Å². The first-order valence-electron chi connectivity index (χ1n) is 6.36. The number of ether oxygens (including phenoxy) is 1. The number of likely N-dealkylation sites (tertiary alicyclic amines) is 1. The second-order valence-electron chi connectivity index (χ2n) is 4.38. The topological polar surface area (TPSA) is 75.7 Å². The van der Waals surface area contributed by atoms with Gasteiger partial charge in [-0.1, -0.05) is 0 Å². The van der Waals surface area contributed by atoms with Crippen LogP contribution < -0.4 is 5.32 Å². The Kier molecular flexibility index (Phi) is 6.14. The van der Waals surface area contributed by atoms with Crippen molar-refractivity contribution < 1.29 is 19.1 Å². The molecule has 1 heterocycles. The Labute approximate surface area is 118 Å². The number of nitrogens with one attached hydrogen (secondary N) is 1. The van der Waals surface area contributed by atoms with Crippen LogP contribution in [0, 0.1) is 0 Å². The fraction of sp³-hybridized carbons (Fsp3) is 0.750. The Morgan fingerprint density at radius 3 is 2.68 bits per heavy atom. The lowest BCUT2D eigenvalue weighted by Crippen LogP contribution is -2.52. The predicted molar refractivity (Wildman–Crippen MR) is 72.8 cm³/mol. The van der Waals surface area contributed by atoms with Gasteiger partial charge in [-0.3, -0.25) is 9.59 Å². The van der Waals surface area contributed by atoms with Gasteiger partial charge in [0.15, 0.2) is 0 Å². The molecule has 0 saturated carbocycles. The van der Waals surface area contributed by atoms with Crippen LogP contribution >= 0.6 is 12.6 Å². The summed E-state index contributed by atoms with van der Waals surface area (Å²) in [7, 11) is 0. The zero-order valence-electron chi connectivity index (χ0n) is 11.2. The van der Waals surface area contributed by atoms with Gasteiger partial charge in [-0.05, 0) is 19.8 Å². The highest BCUT2D eigenvalue weighted by Crippen LogP contribution is 2.19. The largest absolute Gasteiger partial charge is 0.464 e. The monoisotopic (exact) mass is 288 g/mol. The highest BCUT2D eigenvalue weighted by Gasteiger charge is 2.37. The van der Waals surface area contributed by atoms with Gasteiger partial charge < -0.3 is 15.0 Å². The van der Waals surface area contributed by atoms with E-state index >= 15 is 0 Å². The second kappa shape index (κ2) is 7.37. The van der Waals surface area contributed by atoms with Crippen molar-refractivity contribution in [2.75, 3.05) is 18.9 Å². The van der Waals surface area contributed by atoms with E-state index in [0.717, 1.165) is 6.42 Å².